The number of piperazine rings is 1. The Balaban J connectivity index is 2.28. The summed E-state index contributed by atoms with van der Waals surface area (Å²) in [5.41, 5.74) is 0.101. The zero-order chi connectivity index (χ0) is 15.6. The molecule has 1 unspecified atom stereocenters. The van der Waals surface area contributed by atoms with Crippen molar-refractivity contribution in [2.24, 2.45) is 0 Å². The summed E-state index contributed by atoms with van der Waals surface area (Å²) in [7, 11) is 0. The maximum atomic E-state index is 12.8. The zero-order valence-corrected chi connectivity index (χ0v) is 12.7. The summed E-state index contributed by atoms with van der Waals surface area (Å²) >= 11 is 0. The largest absolute Gasteiger partial charge is 0.508 e. The number of phenolic OH excluding ortho intramolecular Hbond substituents is 1. The number of nitrogens with zero attached hydrogens (tertiary/aromatic N) is 1. The first kappa shape index (κ1) is 15.4. The molecule has 0 aliphatic carbocycles. The first-order chi connectivity index (χ1) is 9.93. The third-order valence-corrected chi connectivity index (χ3v) is 4.38. The first-order valence-corrected chi connectivity index (χ1v) is 7.34. The first-order valence-electron chi connectivity index (χ1n) is 7.34. The molecular weight excluding hydrogens is 268 g/mol. The third kappa shape index (κ3) is 2.73. The highest BCUT2D eigenvalue weighted by Crippen LogP contribution is 2.26. The van der Waals surface area contributed by atoms with E-state index in [1.807, 2.05) is 13.8 Å². The SMILES string of the molecule is CCC1(CC)NC(=O)C(C)N(Cc2ccc(O)cc2)C1=O. The van der Waals surface area contributed by atoms with E-state index in [1.54, 1.807) is 36.1 Å². The Morgan fingerprint density at radius 2 is 1.76 bits per heavy atom. The molecule has 2 N–H and O–H groups in total. The Bertz CT molecular complexity index is 535. The lowest BCUT2D eigenvalue weighted by molar-refractivity contribution is -0.155. The second kappa shape index (κ2) is 5.76. The highest BCUT2D eigenvalue weighted by atomic mass is 16.3. The van der Waals surface area contributed by atoms with Crippen LogP contribution in [-0.2, 0) is 16.1 Å². The van der Waals surface area contributed by atoms with Gasteiger partial charge in [0.1, 0.15) is 17.3 Å². The second-order valence-corrected chi connectivity index (χ2v) is 5.55. The molecule has 1 aliphatic heterocycles. The molecule has 0 bridgehead atoms. The van der Waals surface area contributed by atoms with Crippen LogP contribution < -0.4 is 5.32 Å². The number of nitrogens with one attached hydrogen (secondary N) is 1. The van der Waals surface area contributed by atoms with Crippen molar-refractivity contribution in [3.05, 3.63) is 29.8 Å². The Hall–Kier alpha value is -2.04. The van der Waals surface area contributed by atoms with Crippen molar-refractivity contribution < 1.29 is 14.7 Å². The van der Waals surface area contributed by atoms with Gasteiger partial charge in [0.05, 0.1) is 0 Å². The molecule has 1 saturated heterocycles. The fraction of sp³-hybridized carbons (Fsp3) is 0.500. The van der Waals surface area contributed by atoms with Crippen LogP contribution >= 0.6 is 0 Å². The van der Waals surface area contributed by atoms with Gasteiger partial charge < -0.3 is 15.3 Å². The molecule has 5 nitrogen and oxygen atoms in total. The van der Waals surface area contributed by atoms with E-state index >= 15 is 0 Å². The molecule has 2 amide bonds. The molecule has 0 spiro atoms. The molecule has 114 valence electrons. The van der Waals surface area contributed by atoms with E-state index < -0.39 is 11.6 Å². The van der Waals surface area contributed by atoms with Crippen molar-refractivity contribution in [3.63, 3.8) is 0 Å². The van der Waals surface area contributed by atoms with Gasteiger partial charge in [-0.1, -0.05) is 26.0 Å². The number of hydrogen-bond acceptors (Lipinski definition) is 3. The van der Waals surface area contributed by atoms with E-state index in [0.717, 1.165) is 5.56 Å². The van der Waals surface area contributed by atoms with Crippen LogP contribution in [0.3, 0.4) is 0 Å². The van der Waals surface area contributed by atoms with Gasteiger partial charge in [0.15, 0.2) is 0 Å². The van der Waals surface area contributed by atoms with Crippen molar-refractivity contribution in [3.8, 4) is 5.75 Å². The minimum atomic E-state index is -0.791. The molecule has 1 atom stereocenters. The average Bonchev–Trinajstić information content (AvgIpc) is 2.49. The molecule has 0 aromatic heterocycles. The average molecular weight is 290 g/mol. The smallest absolute Gasteiger partial charge is 0.249 e. The van der Waals surface area contributed by atoms with E-state index in [4.69, 9.17) is 0 Å². The normalized spacial score (nSPS) is 21.3. The van der Waals surface area contributed by atoms with Gasteiger partial charge in [-0.15, -0.1) is 0 Å². The van der Waals surface area contributed by atoms with Crippen LogP contribution in [-0.4, -0.2) is 33.4 Å². The molecule has 21 heavy (non-hydrogen) atoms. The Morgan fingerprint density at radius 3 is 2.29 bits per heavy atom. The maximum Gasteiger partial charge on any atom is 0.249 e. The Kier molecular flexibility index (Phi) is 4.21. The Labute approximate surface area is 125 Å². The van der Waals surface area contributed by atoms with Crippen molar-refractivity contribution in [2.45, 2.75) is 51.7 Å². The van der Waals surface area contributed by atoms with Crippen molar-refractivity contribution >= 4 is 11.8 Å². The summed E-state index contributed by atoms with van der Waals surface area (Å²) in [6.07, 6.45) is 1.15. The number of amides is 2. The number of rotatable bonds is 4. The molecule has 1 fully saturated rings. The predicted molar refractivity (Wildman–Crippen MR) is 79.6 cm³/mol. The number of carbonyl (C=O) groups is 2. The maximum absolute atomic E-state index is 12.8. The van der Waals surface area contributed by atoms with Gasteiger partial charge in [-0.05, 0) is 37.5 Å². The predicted octanol–water partition coefficient (Wildman–Crippen LogP) is 1.80. The highest BCUT2D eigenvalue weighted by molar-refractivity contribution is 5.99. The number of benzene rings is 1. The van der Waals surface area contributed by atoms with Crippen LogP contribution in [0.5, 0.6) is 5.75 Å². The fourth-order valence-corrected chi connectivity index (χ4v) is 2.72. The molecule has 5 heteroatoms. The molecule has 1 aromatic carbocycles. The van der Waals surface area contributed by atoms with Crippen LogP contribution in [0.2, 0.25) is 0 Å². The Morgan fingerprint density at radius 1 is 1.19 bits per heavy atom. The quantitative estimate of drug-likeness (QED) is 0.888. The molecule has 0 radical (unpaired) electrons. The van der Waals surface area contributed by atoms with Crippen molar-refractivity contribution in [1.29, 1.82) is 0 Å². The second-order valence-electron chi connectivity index (χ2n) is 5.55. The molecule has 0 saturated carbocycles. The van der Waals surface area contributed by atoms with E-state index in [1.165, 1.54) is 0 Å². The van der Waals surface area contributed by atoms with Crippen molar-refractivity contribution in [2.75, 3.05) is 0 Å². The summed E-state index contributed by atoms with van der Waals surface area (Å²) in [4.78, 5) is 26.6. The molecule has 2 rings (SSSR count). The van der Waals surface area contributed by atoms with Crippen LogP contribution in [0.25, 0.3) is 0 Å². The third-order valence-electron chi connectivity index (χ3n) is 4.38. The number of carbonyl (C=O) groups excluding carboxylic acids is 2. The molecular formula is C16H22N2O3. The topological polar surface area (TPSA) is 69.6 Å². The van der Waals surface area contributed by atoms with Crippen LogP contribution in [0.1, 0.15) is 39.2 Å². The van der Waals surface area contributed by atoms with Gasteiger partial charge in [-0.3, -0.25) is 9.59 Å². The molecule has 1 aromatic rings. The summed E-state index contributed by atoms with van der Waals surface area (Å²) in [6, 6.07) is 6.21. The standard InChI is InChI=1S/C16H22N2O3/c1-4-16(5-2)15(21)18(11(3)14(20)17-16)10-12-6-8-13(19)9-7-12/h6-9,11,19H,4-5,10H2,1-3H3,(H,17,20). The van der Waals surface area contributed by atoms with Crippen molar-refractivity contribution in [1.82, 2.24) is 10.2 Å². The number of phenols is 1. The van der Waals surface area contributed by atoms with Gasteiger partial charge in [-0.2, -0.15) is 0 Å². The van der Waals surface area contributed by atoms with Crippen LogP contribution in [0.4, 0.5) is 0 Å². The molecule has 1 aliphatic rings. The van der Waals surface area contributed by atoms with Gasteiger partial charge in [0, 0.05) is 6.54 Å². The summed E-state index contributed by atoms with van der Waals surface area (Å²) < 4.78 is 0. The highest BCUT2D eigenvalue weighted by Gasteiger charge is 2.47. The van der Waals surface area contributed by atoms with Gasteiger partial charge in [-0.25, -0.2) is 0 Å². The minimum absolute atomic E-state index is 0.0346. The van der Waals surface area contributed by atoms with Gasteiger partial charge in [0.2, 0.25) is 11.8 Å². The summed E-state index contributed by atoms with van der Waals surface area (Å²) in [6.45, 7) is 5.94. The van der Waals surface area contributed by atoms with E-state index in [9.17, 15) is 14.7 Å². The lowest BCUT2D eigenvalue weighted by Crippen LogP contribution is -2.69. The van der Waals surface area contributed by atoms with E-state index in [2.05, 4.69) is 5.32 Å². The van der Waals surface area contributed by atoms with Crippen LogP contribution in [0.15, 0.2) is 24.3 Å². The van der Waals surface area contributed by atoms with Gasteiger partial charge in [0.25, 0.3) is 0 Å². The zero-order valence-electron chi connectivity index (χ0n) is 12.7. The van der Waals surface area contributed by atoms with E-state index in [-0.39, 0.29) is 17.6 Å². The lowest BCUT2D eigenvalue weighted by Gasteiger charge is -2.44. The van der Waals surface area contributed by atoms with Gasteiger partial charge >= 0.3 is 0 Å². The summed E-state index contributed by atoms with van der Waals surface area (Å²) in [5, 5.41) is 12.2. The van der Waals surface area contributed by atoms with Crippen LogP contribution in [0, 0.1) is 0 Å². The minimum Gasteiger partial charge on any atom is -0.508 e. The fourth-order valence-electron chi connectivity index (χ4n) is 2.72. The lowest BCUT2D eigenvalue weighted by atomic mass is 9.87. The van der Waals surface area contributed by atoms with E-state index in [0.29, 0.717) is 19.4 Å². The summed E-state index contributed by atoms with van der Waals surface area (Å²) in [5.74, 6) is 0.0377. The number of aromatic hydroxyl groups is 1. The molecule has 1 heterocycles. The number of hydrogen-bond donors (Lipinski definition) is 2. The monoisotopic (exact) mass is 290 g/mol.